The van der Waals surface area contributed by atoms with Gasteiger partial charge in [0.2, 0.25) is 0 Å². The van der Waals surface area contributed by atoms with Crippen LogP contribution in [0.3, 0.4) is 0 Å². The van der Waals surface area contributed by atoms with E-state index in [1.54, 1.807) is 6.07 Å². The average molecular weight is 427 g/mol. The second kappa shape index (κ2) is 15.7. The van der Waals surface area contributed by atoms with Crippen molar-refractivity contribution in [2.75, 3.05) is 0 Å². The largest absolute Gasteiger partial charge is 0.506 e. The molecule has 29 heavy (non-hydrogen) atoms. The minimum Gasteiger partial charge on any atom is -0.506 e. The highest BCUT2D eigenvalue weighted by molar-refractivity contribution is 7.86. The fourth-order valence-electron chi connectivity index (χ4n) is 3.80. The number of phenols is 1. The first-order valence-corrected chi connectivity index (χ1v) is 13.2. The minimum absolute atomic E-state index is 0.397. The normalized spacial score (nSPS) is 11.8. The minimum atomic E-state index is -4.37. The summed E-state index contributed by atoms with van der Waals surface area (Å²) in [6.07, 6.45) is 21.9. The van der Waals surface area contributed by atoms with E-state index in [1.165, 1.54) is 102 Å². The molecule has 0 aliphatic heterocycles. The first-order chi connectivity index (χ1) is 13.9. The maximum atomic E-state index is 11.2. The van der Waals surface area contributed by atoms with Crippen molar-refractivity contribution in [1.29, 1.82) is 0 Å². The Hall–Kier alpha value is -1.07. The molecule has 1 aromatic carbocycles. The van der Waals surface area contributed by atoms with Gasteiger partial charge >= 0.3 is 0 Å². The average Bonchev–Trinajstić information content (AvgIpc) is 2.68. The van der Waals surface area contributed by atoms with E-state index < -0.39 is 20.8 Å². The van der Waals surface area contributed by atoms with Gasteiger partial charge in [0.1, 0.15) is 10.6 Å². The molecule has 1 aromatic rings. The third-order valence-corrected chi connectivity index (χ3v) is 6.50. The molecule has 0 saturated heterocycles. The maximum absolute atomic E-state index is 11.2. The molecule has 0 unspecified atom stereocenters. The molecule has 0 saturated carbocycles. The Bertz CT molecular complexity index is 640. The zero-order valence-corrected chi connectivity index (χ0v) is 19.2. The van der Waals surface area contributed by atoms with Gasteiger partial charge in [-0.3, -0.25) is 4.55 Å². The number of aromatic hydroxyl groups is 1. The Morgan fingerprint density at radius 2 is 1.10 bits per heavy atom. The number of hydrogen-bond donors (Lipinski definition) is 2. The predicted molar refractivity (Wildman–Crippen MR) is 121 cm³/mol. The van der Waals surface area contributed by atoms with Gasteiger partial charge in [-0.15, -0.1) is 0 Å². The van der Waals surface area contributed by atoms with Gasteiger partial charge in [0, 0.05) is 0 Å². The fourth-order valence-corrected chi connectivity index (χ4v) is 4.43. The predicted octanol–water partition coefficient (Wildman–Crippen LogP) is 7.44. The first-order valence-electron chi connectivity index (χ1n) is 11.7. The fraction of sp³-hybridized carbons (Fsp3) is 0.750. The lowest BCUT2D eigenvalue weighted by Gasteiger charge is -2.06. The van der Waals surface area contributed by atoms with Gasteiger partial charge in [-0.05, 0) is 30.5 Å². The molecule has 1 rings (SSSR count). The van der Waals surface area contributed by atoms with Crippen LogP contribution in [-0.4, -0.2) is 18.1 Å². The van der Waals surface area contributed by atoms with Crippen molar-refractivity contribution < 1.29 is 18.1 Å². The molecule has 0 bridgehead atoms. The van der Waals surface area contributed by atoms with Crippen molar-refractivity contribution in [2.45, 2.75) is 121 Å². The number of phenolic OH excluding ortho intramolecular Hbond substituents is 1. The second-order valence-corrected chi connectivity index (χ2v) is 9.72. The summed E-state index contributed by atoms with van der Waals surface area (Å²) in [7, 11) is -4.37. The van der Waals surface area contributed by atoms with Gasteiger partial charge in [-0.25, -0.2) is 0 Å². The standard InChI is InChI=1S/C24H42O4S/c1-2-3-4-5-6-7-8-9-10-11-12-13-14-15-16-17-18-22-19-20-23(25)24(21-22)29(26,27)28/h19-21,25H,2-18H2,1H3,(H,26,27,28). The molecule has 2 N–H and O–H groups in total. The summed E-state index contributed by atoms with van der Waals surface area (Å²) in [4.78, 5) is -0.397. The SMILES string of the molecule is CCCCCCCCCCCCCCCCCCc1ccc(O)c(S(=O)(=O)O)c1. The molecule has 0 aliphatic rings. The summed E-state index contributed by atoms with van der Waals surface area (Å²) in [5.74, 6) is -0.400. The molecule has 0 atom stereocenters. The zero-order valence-electron chi connectivity index (χ0n) is 18.4. The molecule has 0 amide bonds. The van der Waals surface area contributed by atoms with Gasteiger partial charge < -0.3 is 5.11 Å². The van der Waals surface area contributed by atoms with Crippen LogP contribution in [0.25, 0.3) is 0 Å². The van der Waals surface area contributed by atoms with Crippen LogP contribution in [0.2, 0.25) is 0 Å². The zero-order chi connectivity index (χ0) is 21.4. The Balaban J connectivity index is 1.94. The van der Waals surface area contributed by atoms with Crippen LogP contribution in [0.1, 0.15) is 115 Å². The molecular weight excluding hydrogens is 384 g/mol. The highest BCUT2D eigenvalue weighted by Gasteiger charge is 2.15. The highest BCUT2D eigenvalue weighted by atomic mass is 32.2. The summed E-state index contributed by atoms with van der Waals surface area (Å²) in [5, 5.41) is 9.54. The summed E-state index contributed by atoms with van der Waals surface area (Å²) in [6, 6.07) is 4.43. The summed E-state index contributed by atoms with van der Waals surface area (Å²) in [5.41, 5.74) is 0.834. The molecule has 0 fully saturated rings. The van der Waals surface area contributed by atoms with Gasteiger partial charge in [0.15, 0.2) is 0 Å². The van der Waals surface area contributed by atoms with Crippen molar-refractivity contribution in [3.05, 3.63) is 23.8 Å². The van der Waals surface area contributed by atoms with Crippen LogP contribution in [0.5, 0.6) is 5.75 Å². The molecule has 168 valence electrons. The molecular formula is C24H42O4S. The van der Waals surface area contributed by atoms with Crippen LogP contribution < -0.4 is 0 Å². The van der Waals surface area contributed by atoms with Gasteiger partial charge in [0.25, 0.3) is 10.1 Å². The van der Waals surface area contributed by atoms with E-state index >= 15 is 0 Å². The molecule has 0 spiro atoms. The van der Waals surface area contributed by atoms with Gasteiger partial charge in [-0.2, -0.15) is 8.42 Å². The molecule has 0 aromatic heterocycles. The third kappa shape index (κ3) is 13.0. The monoisotopic (exact) mass is 426 g/mol. The van der Waals surface area contributed by atoms with E-state index in [2.05, 4.69) is 6.92 Å². The van der Waals surface area contributed by atoms with Crippen molar-refractivity contribution in [2.24, 2.45) is 0 Å². The quantitative estimate of drug-likeness (QED) is 0.189. The van der Waals surface area contributed by atoms with E-state index in [4.69, 9.17) is 4.55 Å². The van der Waals surface area contributed by atoms with E-state index in [0.717, 1.165) is 24.8 Å². The van der Waals surface area contributed by atoms with E-state index in [9.17, 15) is 13.5 Å². The second-order valence-electron chi connectivity index (χ2n) is 8.33. The topological polar surface area (TPSA) is 74.6 Å². The lowest BCUT2D eigenvalue weighted by Crippen LogP contribution is -2.00. The summed E-state index contributed by atoms with van der Waals surface area (Å²) in [6.45, 7) is 2.27. The Kier molecular flexibility index (Phi) is 14.1. The molecule has 5 heteroatoms. The van der Waals surface area contributed by atoms with Crippen molar-refractivity contribution >= 4 is 10.1 Å². The van der Waals surface area contributed by atoms with Crippen molar-refractivity contribution in [3.8, 4) is 5.75 Å². The van der Waals surface area contributed by atoms with E-state index in [1.807, 2.05) is 0 Å². The van der Waals surface area contributed by atoms with E-state index in [0.29, 0.717) is 0 Å². The highest BCUT2D eigenvalue weighted by Crippen LogP contribution is 2.24. The number of unbranched alkanes of at least 4 members (excludes halogenated alkanes) is 15. The number of hydrogen-bond acceptors (Lipinski definition) is 3. The van der Waals surface area contributed by atoms with Crippen molar-refractivity contribution in [3.63, 3.8) is 0 Å². The molecule has 0 aliphatic carbocycles. The van der Waals surface area contributed by atoms with Gasteiger partial charge in [-0.1, -0.05) is 109 Å². The maximum Gasteiger partial charge on any atom is 0.298 e. The third-order valence-electron chi connectivity index (χ3n) is 5.62. The smallest absolute Gasteiger partial charge is 0.298 e. The molecule has 0 heterocycles. The van der Waals surface area contributed by atoms with Crippen LogP contribution in [0, 0.1) is 0 Å². The lowest BCUT2D eigenvalue weighted by atomic mass is 10.0. The Morgan fingerprint density at radius 3 is 1.52 bits per heavy atom. The van der Waals surface area contributed by atoms with Crippen LogP contribution in [0.4, 0.5) is 0 Å². The first kappa shape index (κ1) is 26.0. The summed E-state index contributed by atoms with van der Waals surface area (Å²) < 4.78 is 31.6. The van der Waals surface area contributed by atoms with Crippen LogP contribution in [0.15, 0.2) is 23.1 Å². The Labute approximate surface area is 178 Å². The number of benzene rings is 1. The van der Waals surface area contributed by atoms with E-state index in [-0.39, 0.29) is 0 Å². The van der Waals surface area contributed by atoms with Crippen molar-refractivity contribution in [1.82, 2.24) is 0 Å². The van der Waals surface area contributed by atoms with Crippen LogP contribution >= 0.6 is 0 Å². The number of aryl methyl sites for hydroxylation is 1. The van der Waals surface area contributed by atoms with Crippen LogP contribution in [-0.2, 0) is 16.5 Å². The molecule has 0 radical (unpaired) electrons. The molecule has 4 nitrogen and oxygen atoms in total. The Morgan fingerprint density at radius 1 is 0.690 bits per heavy atom. The summed E-state index contributed by atoms with van der Waals surface area (Å²) >= 11 is 0. The van der Waals surface area contributed by atoms with Gasteiger partial charge in [0.05, 0.1) is 0 Å². The number of rotatable bonds is 18. The lowest BCUT2D eigenvalue weighted by molar-refractivity contribution is 0.442.